The first-order chi connectivity index (χ1) is 22.2. The number of esters is 2. The van der Waals surface area contributed by atoms with Crippen LogP contribution >= 0.6 is 0 Å². The van der Waals surface area contributed by atoms with Crippen molar-refractivity contribution in [2.45, 2.75) is 88.3 Å². The Morgan fingerprint density at radius 1 is 0.667 bits per heavy atom. The van der Waals surface area contributed by atoms with E-state index in [2.05, 4.69) is 18.9 Å². The van der Waals surface area contributed by atoms with Crippen molar-refractivity contribution in [2.75, 3.05) is 26.6 Å². The van der Waals surface area contributed by atoms with Crippen LogP contribution in [0.2, 0.25) is 0 Å². The molecule has 6 atom stereocenters. The summed E-state index contributed by atoms with van der Waals surface area (Å²) >= 11 is 0. The van der Waals surface area contributed by atoms with Crippen LogP contribution in [0.15, 0.2) is 48.5 Å². The summed E-state index contributed by atoms with van der Waals surface area (Å²) in [7, 11) is -3.92. The average Bonchev–Trinajstić information content (AvgIpc) is 3.02. The summed E-state index contributed by atoms with van der Waals surface area (Å²) in [6, 6.07) is 9.77. The van der Waals surface area contributed by atoms with Crippen molar-refractivity contribution in [1.29, 1.82) is 0 Å². The van der Waals surface area contributed by atoms with E-state index in [-0.39, 0.29) is 13.2 Å². The lowest BCUT2D eigenvalue weighted by Crippen LogP contribution is -2.58. The van der Waals surface area contributed by atoms with Gasteiger partial charge >= 0.3 is 11.9 Å². The minimum absolute atomic E-state index is 0.124. The largest absolute Gasteiger partial charge is 0.464 e. The predicted octanol–water partition coefficient (Wildman–Crippen LogP) is 5.89. The number of ether oxygens (including phenoxy) is 2. The normalized spacial score (nSPS) is 17.0. The summed E-state index contributed by atoms with van der Waals surface area (Å²) in [6.45, 7) is 9.19. The summed E-state index contributed by atoms with van der Waals surface area (Å²) in [5, 5.41) is 0. The molecule has 2 N–H and O–H groups in total. The second kappa shape index (κ2) is 18.3. The predicted molar refractivity (Wildman–Crippen MR) is 173 cm³/mol. The molecule has 0 amide bonds. The van der Waals surface area contributed by atoms with Crippen LogP contribution in [0.5, 0.6) is 0 Å². The van der Waals surface area contributed by atoms with Crippen molar-refractivity contribution < 1.29 is 53.8 Å². The van der Waals surface area contributed by atoms with Crippen LogP contribution < -0.4 is 9.44 Å². The fourth-order valence-corrected chi connectivity index (χ4v) is 5.75. The van der Waals surface area contributed by atoms with Crippen LogP contribution in [0, 0.1) is 11.6 Å². The Labute approximate surface area is 282 Å². The highest BCUT2D eigenvalue weighted by molar-refractivity contribution is 7.84. The molecule has 0 bridgehead atoms. The quantitative estimate of drug-likeness (QED) is 0.186. The van der Waals surface area contributed by atoms with E-state index in [0.29, 0.717) is 0 Å². The van der Waals surface area contributed by atoms with Gasteiger partial charge in [0.1, 0.15) is 36.1 Å². The van der Waals surface area contributed by atoms with Crippen molar-refractivity contribution >= 4 is 33.9 Å². The molecule has 48 heavy (non-hydrogen) atoms. The van der Waals surface area contributed by atoms with Crippen LogP contribution in [0.4, 0.5) is 26.3 Å². The van der Waals surface area contributed by atoms with Gasteiger partial charge in [-0.1, -0.05) is 36.4 Å². The summed E-state index contributed by atoms with van der Waals surface area (Å²) < 4.78 is 123. The van der Waals surface area contributed by atoms with Crippen LogP contribution in [0.3, 0.4) is 0 Å². The maximum Gasteiger partial charge on any atom is 0.343 e. The zero-order valence-corrected chi connectivity index (χ0v) is 29.8. The fourth-order valence-electron chi connectivity index (χ4n) is 3.94. The lowest BCUT2D eigenvalue weighted by Gasteiger charge is -2.36. The molecule has 0 spiro atoms. The van der Waals surface area contributed by atoms with Crippen molar-refractivity contribution in [2.24, 2.45) is 0 Å². The van der Waals surface area contributed by atoms with Gasteiger partial charge in [-0.25, -0.2) is 53.8 Å². The van der Waals surface area contributed by atoms with E-state index in [1.807, 2.05) is 0 Å². The van der Waals surface area contributed by atoms with Crippen molar-refractivity contribution in [3.63, 3.8) is 0 Å². The number of carbonyl (C=O) groups is 2. The van der Waals surface area contributed by atoms with E-state index in [4.69, 9.17) is 0 Å². The van der Waals surface area contributed by atoms with Gasteiger partial charge in [0.2, 0.25) is 12.3 Å². The van der Waals surface area contributed by atoms with Gasteiger partial charge in [-0.3, -0.25) is 0 Å². The minimum atomic E-state index is -2.58. The fraction of sp³-hybridized carbons (Fsp3) is 0.562. The maximum atomic E-state index is 14.8. The Kier molecular flexibility index (Phi) is 16.4. The summed E-state index contributed by atoms with van der Waals surface area (Å²) in [6.07, 6.45) is -5.16. The number of nitrogens with one attached hydrogen (secondary N) is 2. The molecule has 0 saturated heterocycles. The maximum absolute atomic E-state index is 14.8. The third kappa shape index (κ3) is 10.6. The molecule has 0 heterocycles. The molecule has 0 aliphatic carbocycles. The smallest absolute Gasteiger partial charge is 0.343 e. The van der Waals surface area contributed by atoms with E-state index < -0.39 is 103 Å². The second-order valence-electron chi connectivity index (χ2n) is 12.4. The van der Waals surface area contributed by atoms with E-state index in [1.165, 1.54) is 38.1 Å². The Morgan fingerprint density at radius 2 is 0.958 bits per heavy atom. The topological polar surface area (TPSA) is 111 Å². The first-order valence-corrected chi connectivity index (χ1v) is 17.1. The van der Waals surface area contributed by atoms with E-state index in [1.54, 1.807) is 41.5 Å². The number of rotatable bonds is 14. The standard InChI is InChI=1S/2C16H22F3NO3S/c2*1-5-23-14(21)13(19)16(10-17,20-24(22)15(2,3)4)11-8-6-7-9-12(11)18/h2*6-9,13,20H,5,10H2,1-4H3/t13-,16+,24+;13-,16-,24-/m01/s1. The van der Waals surface area contributed by atoms with Gasteiger partial charge in [-0.15, -0.1) is 0 Å². The third-order valence-corrected chi connectivity index (χ3v) is 9.97. The Morgan fingerprint density at radius 3 is 1.19 bits per heavy atom. The average molecular weight is 731 g/mol. The SMILES string of the molecule is CCOC(=O)[C@@H](F)[C@](CF)(N[S@](=O)C(C)(C)C)c1ccccc1F.CCOC(=O)[C@H](F)[C@](CF)(N[S@](=O)C(C)(C)C)c1ccccc1F. The highest BCUT2D eigenvalue weighted by Gasteiger charge is 2.51. The first-order valence-electron chi connectivity index (χ1n) is 14.8. The molecule has 272 valence electrons. The Hall–Kier alpha value is -2.82. The van der Waals surface area contributed by atoms with Crippen LogP contribution in [-0.2, 0) is 52.1 Å². The van der Waals surface area contributed by atoms with Crippen LogP contribution in [0.25, 0.3) is 0 Å². The van der Waals surface area contributed by atoms with Gasteiger partial charge in [0.05, 0.1) is 44.7 Å². The number of alkyl halides is 4. The highest BCUT2D eigenvalue weighted by atomic mass is 32.2. The molecule has 0 aliphatic heterocycles. The molecule has 8 nitrogen and oxygen atoms in total. The van der Waals surface area contributed by atoms with E-state index in [0.717, 1.165) is 24.3 Å². The second-order valence-corrected chi connectivity index (χ2v) is 16.3. The molecule has 2 rings (SSSR count). The molecule has 0 aliphatic rings. The zero-order chi connectivity index (χ0) is 37.1. The van der Waals surface area contributed by atoms with Gasteiger partial charge in [0.25, 0.3) is 0 Å². The summed E-state index contributed by atoms with van der Waals surface area (Å²) in [5.74, 6) is -4.53. The van der Waals surface area contributed by atoms with Crippen LogP contribution in [0.1, 0.15) is 66.5 Å². The molecular weight excluding hydrogens is 686 g/mol. The number of carbonyl (C=O) groups excluding carboxylic acids is 2. The van der Waals surface area contributed by atoms with Gasteiger partial charge in [-0.2, -0.15) is 0 Å². The van der Waals surface area contributed by atoms with Gasteiger partial charge in [0, 0.05) is 11.1 Å². The lowest BCUT2D eigenvalue weighted by molar-refractivity contribution is -0.153. The molecule has 2 aromatic carbocycles. The summed E-state index contributed by atoms with van der Waals surface area (Å²) in [4.78, 5) is 23.7. The monoisotopic (exact) mass is 730 g/mol. The lowest BCUT2D eigenvalue weighted by atomic mass is 9.87. The van der Waals surface area contributed by atoms with Crippen molar-refractivity contribution in [3.05, 3.63) is 71.3 Å². The molecule has 0 saturated carbocycles. The third-order valence-electron chi connectivity index (χ3n) is 6.64. The Balaban J connectivity index is 0.000000480. The molecular formula is C32H44F6N2O6S2. The van der Waals surface area contributed by atoms with E-state index >= 15 is 0 Å². The highest BCUT2D eigenvalue weighted by Crippen LogP contribution is 2.34. The molecule has 2 aromatic rings. The Bertz CT molecular complexity index is 1320. The number of hydrogen-bond acceptors (Lipinski definition) is 6. The van der Waals surface area contributed by atoms with Gasteiger partial charge in [-0.05, 0) is 67.5 Å². The first kappa shape index (κ1) is 43.2. The molecule has 0 fully saturated rings. The minimum Gasteiger partial charge on any atom is -0.464 e. The van der Waals surface area contributed by atoms with Gasteiger partial charge < -0.3 is 9.47 Å². The van der Waals surface area contributed by atoms with E-state index in [9.17, 15) is 44.3 Å². The summed E-state index contributed by atoms with van der Waals surface area (Å²) in [5.41, 5.74) is -5.75. The number of benzene rings is 2. The van der Waals surface area contributed by atoms with Crippen LogP contribution in [-0.4, -0.2) is 68.8 Å². The number of hydrogen-bond donors (Lipinski definition) is 2. The van der Waals surface area contributed by atoms with Crippen molar-refractivity contribution in [1.82, 2.24) is 9.44 Å². The zero-order valence-electron chi connectivity index (χ0n) is 28.1. The molecule has 0 aromatic heterocycles. The molecule has 16 heteroatoms. The molecule has 0 radical (unpaired) electrons. The van der Waals surface area contributed by atoms with Gasteiger partial charge in [0.15, 0.2) is 0 Å². The number of halogens is 6. The molecule has 0 unspecified atom stereocenters. The van der Waals surface area contributed by atoms with Crippen molar-refractivity contribution in [3.8, 4) is 0 Å².